The molecule has 4 heteroatoms. The van der Waals surface area contributed by atoms with Gasteiger partial charge in [-0.1, -0.05) is 19.1 Å². The molecule has 0 N–H and O–H groups in total. The lowest BCUT2D eigenvalue weighted by Crippen LogP contribution is -2.05. The Labute approximate surface area is 120 Å². The number of aryl methyl sites for hydroxylation is 2. The molecule has 0 atom stereocenters. The summed E-state index contributed by atoms with van der Waals surface area (Å²) in [5.74, 6) is 0.140. The number of rotatable bonds is 4. The Balaban J connectivity index is 2.19. The Morgan fingerprint density at radius 3 is 2.61 bits per heavy atom. The van der Waals surface area contributed by atoms with Crippen LogP contribution in [0, 0.1) is 3.57 Å². The van der Waals surface area contributed by atoms with Crippen LogP contribution in [0.5, 0.6) is 0 Å². The first kappa shape index (κ1) is 13.3. The minimum Gasteiger partial charge on any atom is -0.294 e. The summed E-state index contributed by atoms with van der Waals surface area (Å²) in [6.07, 6.45) is 3.04. The molecule has 0 saturated carbocycles. The maximum atomic E-state index is 12.2. The van der Waals surface area contributed by atoms with Gasteiger partial charge in [0.05, 0.1) is 11.3 Å². The molecule has 0 unspecified atom stereocenters. The van der Waals surface area contributed by atoms with Crippen LogP contribution in [0.1, 0.15) is 28.5 Å². The molecule has 2 aromatic rings. The first-order valence-electron chi connectivity index (χ1n) is 5.90. The van der Waals surface area contributed by atoms with Gasteiger partial charge in [0.2, 0.25) is 0 Å². The second-order valence-electron chi connectivity index (χ2n) is 4.24. The molecule has 1 aromatic carbocycles. The molecule has 0 aliphatic rings. The lowest BCUT2D eigenvalue weighted by molar-refractivity contribution is 0.0992. The summed E-state index contributed by atoms with van der Waals surface area (Å²) < 4.78 is 2.89. The SMILES string of the molecule is CCc1nn(C)cc1C(=O)Cc1ccc(I)cc1. The molecule has 1 aromatic heterocycles. The van der Waals surface area contributed by atoms with Gasteiger partial charge in [0.15, 0.2) is 5.78 Å². The van der Waals surface area contributed by atoms with Crippen LogP contribution in [0.25, 0.3) is 0 Å². The van der Waals surface area contributed by atoms with Gasteiger partial charge in [0.25, 0.3) is 0 Å². The third kappa shape index (κ3) is 2.98. The molecule has 0 saturated heterocycles. The number of carbonyl (C=O) groups excluding carboxylic acids is 1. The lowest BCUT2D eigenvalue weighted by atomic mass is 10.0. The normalized spacial score (nSPS) is 10.6. The molecular formula is C14H15IN2O. The van der Waals surface area contributed by atoms with Crippen molar-refractivity contribution in [2.75, 3.05) is 0 Å². The van der Waals surface area contributed by atoms with Crippen molar-refractivity contribution in [1.29, 1.82) is 0 Å². The highest BCUT2D eigenvalue weighted by Gasteiger charge is 2.14. The van der Waals surface area contributed by atoms with E-state index in [2.05, 4.69) is 27.7 Å². The van der Waals surface area contributed by atoms with Crippen molar-refractivity contribution >= 4 is 28.4 Å². The molecule has 2 rings (SSSR count). The molecule has 0 amide bonds. The number of hydrogen-bond donors (Lipinski definition) is 0. The molecule has 0 radical (unpaired) electrons. The average Bonchev–Trinajstić information content (AvgIpc) is 2.73. The molecule has 0 bridgehead atoms. The van der Waals surface area contributed by atoms with Gasteiger partial charge in [0, 0.05) is 23.2 Å². The fourth-order valence-electron chi connectivity index (χ4n) is 1.91. The van der Waals surface area contributed by atoms with Crippen LogP contribution >= 0.6 is 22.6 Å². The van der Waals surface area contributed by atoms with Gasteiger partial charge < -0.3 is 0 Å². The summed E-state index contributed by atoms with van der Waals surface area (Å²) in [4.78, 5) is 12.2. The topological polar surface area (TPSA) is 34.9 Å². The number of halogens is 1. The molecule has 0 aliphatic heterocycles. The van der Waals surface area contributed by atoms with E-state index < -0.39 is 0 Å². The van der Waals surface area contributed by atoms with E-state index in [0.717, 1.165) is 23.2 Å². The summed E-state index contributed by atoms with van der Waals surface area (Å²) in [6, 6.07) is 8.05. The van der Waals surface area contributed by atoms with E-state index in [-0.39, 0.29) is 5.78 Å². The quantitative estimate of drug-likeness (QED) is 0.625. The second-order valence-corrected chi connectivity index (χ2v) is 5.49. The number of hydrogen-bond acceptors (Lipinski definition) is 2. The van der Waals surface area contributed by atoms with Gasteiger partial charge in [-0.2, -0.15) is 5.10 Å². The minimum absolute atomic E-state index is 0.140. The van der Waals surface area contributed by atoms with Gasteiger partial charge in [-0.25, -0.2) is 0 Å². The van der Waals surface area contributed by atoms with Gasteiger partial charge in [-0.3, -0.25) is 9.48 Å². The summed E-state index contributed by atoms with van der Waals surface area (Å²) in [7, 11) is 1.85. The Kier molecular flexibility index (Phi) is 4.16. The third-order valence-electron chi connectivity index (χ3n) is 2.82. The standard InChI is InChI=1S/C14H15IN2O/c1-3-13-12(9-17(2)16-13)14(18)8-10-4-6-11(15)7-5-10/h4-7,9H,3,8H2,1-2H3. The van der Waals surface area contributed by atoms with Crippen molar-refractivity contribution in [3.05, 3.63) is 50.9 Å². The number of benzene rings is 1. The van der Waals surface area contributed by atoms with Crippen molar-refractivity contribution in [2.45, 2.75) is 19.8 Å². The van der Waals surface area contributed by atoms with E-state index in [1.807, 2.05) is 44.4 Å². The summed E-state index contributed by atoms with van der Waals surface area (Å²) >= 11 is 2.26. The minimum atomic E-state index is 0.140. The van der Waals surface area contributed by atoms with Crippen LogP contribution in [0.3, 0.4) is 0 Å². The van der Waals surface area contributed by atoms with E-state index >= 15 is 0 Å². The highest BCUT2D eigenvalue weighted by molar-refractivity contribution is 14.1. The van der Waals surface area contributed by atoms with Crippen LogP contribution in [0.4, 0.5) is 0 Å². The number of carbonyl (C=O) groups is 1. The van der Waals surface area contributed by atoms with Crippen molar-refractivity contribution < 1.29 is 4.79 Å². The van der Waals surface area contributed by atoms with Crippen molar-refractivity contribution in [2.24, 2.45) is 7.05 Å². The lowest BCUT2D eigenvalue weighted by Gasteiger charge is -2.01. The van der Waals surface area contributed by atoms with Gasteiger partial charge in [-0.15, -0.1) is 0 Å². The molecule has 94 valence electrons. The Hall–Kier alpha value is -1.17. The highest BCUT2D eigenvalue weighted by Crippen LogP contribution is 2.13. The zero-order valence-electron chi connectivity index (χ0n) is 10.5. The fraction of sp³-hybridized carbons (Fsp3) is 0.286. The van der Waals surface area contributed by atoms with Gasteiger partial charge in [-0.05, 0) is 46.7 Å². The average molecular weight is 354 g/mol. The number of nitrogens with zero attached hydrogens (tertiary/aromatic N) is 2. The second kappa shape index (κ2) is 5.65. The van der Waals surface area contributed by atoms with E-state index in [1.54, 1.807) is 4.68 Å². The Morgan fingerprint density at radius 2 is 2.00 bits per heavy atom. The fourth-order valence-corrected chi connectivity index (χ4v) is 2.27. The number of Topliss-reactive ketones (excluding diaryl/α,β-unsaturated/α-hetero) is 1. The predicted molar refractivity (Wildman–Crippen MR) is 79.8 cm³/mol. The number of ketones is 1. The summed E-state index contributed by atoms with van der Waals surface area (Å²) in [5.41, 5.74) is 2.68. The molecule has 0 aliphatic carbocycles. The number of aromatic nitrogens is 2. The third-order valence-corrected chi connectivity index (χ3v) is 3.54. The van der Waals surface area contributed by atoms with Crippen molar-refractivity contribution in [3.63, 3.8) is 0 Å². The monoisotopic (exact) mass is 354 g/mol. The van der Waals surface area contributed by atoms with E-state index in [1.165, 1.54) is 3.57 Å². The van der Waals surface area contributed by atoms with E-state index in [9.17, 15) is 4.79 Å². The zero-order valence-corrected chi connectivity index (χ0v) is 12.6. The van der Waals surface area contributed by atoms with Gasteiger partial charge >= 0.3 is 0 Å². The maximum absolute atomic E-state index is 12.2. The van der Waals surface area contributed by atoms with Gasteiger partial charge in [0.1, 0.15) is 0 Å². The summed E-state index contributed by atoms with van der Waals surface area (Å²) in [6.45, 7) is 2.02. The zero-order chi connectivity index (χ0) is 13.1. The van der Waals surface area contributed by atoms with Crippen LogP contribution in [-0.4, -0.2) is 15.6 Å². The van der Waals surface area contributed by atoms with E-state index in [4.69, 9.17) is 0 Å². The maximum Gasteiger partial charge on any atom is 0.170 e. The predicted octanol–water partition coefficient (Wildman–Crippen LogP) is 3.01. The molecule has 1 heterocycles. The largest absolute Gasteiger partial charge is 0.294 e. The van der Waals surface area contributed by atoms with Crippen LogP contribution in [0.15, 0.2) is 30.5 Å². The molecule has 3 nitrogen and oxygen atoms in total. The molecular weight excluding hydrogens is 339 g/mol. The summed E-state index contributed by atoms with van der Waals surface area (Å²) in [5, 5.41) is 4.30. The van der Waals surface area contributed by atoms with Crippen LogP contribution < -0.4 is 0 Å². The Morgan fingerprint density at radius 1 is 1.33 bits per heavy atom. The Bertz CT molecular complexity index is 558. The first-order chi connectivity index (χ1) is 8.60. The van der Waals surface area contributed by atoms with Crippen molar-refractivity contribution in [3.8, 4) is 0 Å². The molecule has 18 heavy (non-hydrogen) atoms. The van der Waals surface area contributed by atoms with Crippen molar-refractivity contribution in [1.82, 2.24) is 9.78 Å². The van der Waals surface area contributed by atoms with Crippen LogP contribution in [-0.2, 0) is 19.9 Å². The van der Waals surface area contributed by atoms with E-state index in [0.29, 0.717) is 6.42 Å². The first-order valence-corrected chi connectivity index (χ1v) is 6.98. The highest BCUT2D eigenvalue weighted by atomic mass is 127. The smallest absolute Gasteiger partial charge is 0.170 e. The van der Waals surface area contributed by atoms with Crippen LogP contribution in [0.2, 0.25) is 0 Å². The molecule has 0 spiro atoms. The molecule has 0 fully saturated rings.